The summed E-state index contributed by atoms with van der Waals surface area (Å²) in [5, 5.41) is 0. The van der Waals surface area contributed by atoms with Gasteiger partial charge in [-0.15, -0.1) is 0 Å². The molecule has 1 aliphatic rings. The third-order valence-electron chi connectivity index (χ3n) is 8.02. The largest absolute Gasteiger partial charge is 0.309 e. The summed E-state index contributed by atoms with van der Waals surface area (Å²) in [5.41, 5.74) is 13.7. The standard InChI is InChI=1S/C39H40N2O2/c1-25-8-12-34(13-9-25)37-31(7)36(39(43)41(37)23-33-20-29(5)17-30(6)21-33)38(35-14-10-26(2)11-15-35)40(24-42)22-32-18-27(3)16-28(4)19-32/h8-21,24H,22-23H2,1-7H3/b38-36+. The number of carbonyl (C=O) groups excluding carboxylic acids is 2. The fourth-order valence-electron chi connectivity index (χ4n) is 6.27. The van der Waals surface area contributed by atoms with E-state index in [0.717, 1.165) is 73.3 Å². The molecule has 0 N–H and O–H groups in total. The van der Waals surface area contributed by atoms with E-state index in [-0.39, 0.29) is 5.91 Å². The molecule has 1 heterocycles. The normalized spacial score (nSPS) is 14.4. The second-order valence-corrected chi connectivity index (χ2v) is 12.0. The number of hydrogen-bond acceptors (Lipinski definition) is 2. The first-order chi connectivity index (χ1) is 20.5. The zero-order valence-electron chi connectivity index (χ0n) is 26.3. The minimum absolute atomic E-state index is 0.102. The van der Waals surface area contributed by atoms with Gasteiger partial charge in [0, 0.05) is 0 Å². The lowest BCUT2D eigenvalue weighted by atomic mass is 9.97. The summed E-state index contributed by atoms with van der Waals surface area (Å²) >= 11 is 0. The molecule has 218 valence electrons. The molecule has 0 spiro atoms. The molecule has 0 saturated carbocycles. The monoisotopic (exact) mass is 568 g/mol. The van der Waals surface area contributed by atoms with Crippen LogP contribution in [0.5, 0.6) is 0 Å². The molecule has 0 aromatic heterocycles. The Balaban J connectivity index is 1.74. The molecule has 4 aromatic rings. The zero-order chi connectivity index (χ0) is 30.8. The van der Waals surface area contributed by atoms with Crippen LogP contribution >= 0.6 is 0 Å². The van der Waals surface area contributed by atoms with Gasteiger partial charge in [0.2, 0.25) is 6.41 Å². The molecule has 43 heavy (non-hydrogen) atoms. The number of amides is 2. The summed E-state index contributed by atoms with van der Waals surface area (Å²) in [4.78, 5) is 31.2. The zero-order valence-corrected chi connectivity index (χ0v) is 26.3. The smallest absolute Gasteiger partial charge is 0.261 e. The molecule has 5 rings (SSSR count). The van der Waals surface area contributed by atoms with Gasteiger partial charge in [0.25, 0.3) is 5.91 Å². The fraction of sp³-hybridized carbons (Fsp3) is 0.231. The molecule has 0 saturated heterocycles. The Hall–Kier alpha value is -4.70. The van der Waals surface area contributed by atoms with Crippen molar-refractivity contribution in [2.24, 2.45) is 0 Å². The molecule has 0 radical (unpaired) electrons. The highest BCUT2D eigenvalue weighted by molar-refractivity contribution is 6.15. The van der Waals surface area contributed by atoms with Crippen molar-refractivity contribution in [2.75, 3.05) is 0 Å². The first kappa shape index (κ1) is 29.8. The summed E-state index contributed by atoms with van der Waals surface area (Å²) in [6.07, 6.45) is 0.860. The van der Waals surface area contributed by atoms with E-state index in [2.05, 4.69) is 95.3 Å². The summed E-state index contributed by atoms with van der Waals surface area (Å²) in [6.45, 7) is 15.2. The van der Waals surface area contributed by atoms with Gasteiger partial charge >= 0.3 is 0 Å². The molecule has 1 aliphatic heterocycles. The minimum Gasteiger partial charge on any atom is -0.309 e. The van der Waals surface area contributed by atoms with Crippen LogP contribution in [0.2, 0.25) is 0 Å². The summed E-state index contributed by atoms with van der Waals surface area (Å²) in [7, 11) is 0. The highest BCUT2D eigenvalue weighted by Crippen LogP contribution is 2.41. The second kappa shape index (κ2) is 12.3. The van der Waals surface area contributed by atoms with E-state index in [0.29, 0.717) is 24.4 Å². The Morgan fingerprint density at radius 1 is 0.651 bits per heavy atom. The van der Waals surface area contributed by atoms with E-state index in [1.165, 1.54) is 0 Å². The summed E-state index contributed by atoms with van der Waals surface area (Å²) in [5.74, 6) is -0.102. The first-order valence-corrected chi connectivity index (χ1v) is 14.8. The van der Waals surface area contributed by atoms with Crippen molar-refractivity contribution in [1.82, 2.24) is 9.80 Å². The van der Waals surface area contributed by atoms with Crippen LogP contribution in [0.1, 0.15) is 62.6 Å². The van der Waals surface area contributed by atoms with Gasteiger partial charge in [-0.05, 0) is 76.3 Å². The Morgan fingerprint density at radius 2 is 1.14 bits per heavy atom. The van der Waals surface area contributed by atoms with Crippen molar-refractivity contribution < 1.29 is 9.59 Å². The topological polar surface area (TPSA) is 40.6 Å². The van der Waals surface area contributed by atoms with Crippen LogP contribution in [0.25, 0.3) is 11.4 Å². The number of nitrogens with zero attached hydrogens (tertiary/aromatic N) is 2. The summed E-state index contributed by atoms with van der Waals surface area (Å²) < 4.78 is 0. The third-order valence-corrected chi connectivity index (χ3v) is 8.02. The number of carbonyl (C=O) groups is 2. The van der Waals surface area contributed by atoms with Crippen molar-refractivity contribution in [3.63, 3.8) is 0 Å². The van der Waals surface area contributed by atoms with Gasteiger partial charge in [0.15, 0.2) is 0 Å². The van der Waals surface area contributed by atoms with Gasteiger partial charge in [-0.25, -0.2) is 0 Å². The van der Waals surface area contributed by atoms with Gasteiger partial charge < -0.3 is 9.80 Å². The Bertz CT molecular complexity index is 1720. The van der Waals surface area contributed by atoms with Crippen molar-refractivity contribution in [3.05, 3.63) is 152 Å². The Morgan fingerprint density at radius 3 is 1.65 bits per heavy atom. The van der Waals surface area contributed by atoms with Crippen LogP contribution in [0, 0.1) is 41.5 Å². The predicted octanol–water partition coefficient (Wildman–Crippen LogP) is 8.38. The number of aryl methyl sites for hydroxylation is 6. The Kier molecular flexibility index (Phi) is 8.50. The average Bonchev–Trinajstić information content (AvgIpc) is 3.17. The molecule has 4 heteroatoms. The molecule has 4 nitrogen and oxygen atoms in total. The number of rotatable bonds is 8. The van der Waals surface area contributed by atoms with Crippen molar-refractivity contribution in [3.8, 4) is 0 Å². The van der Waals surface area contributed by atoms with Crippen LogP contribution in [-0.4, -0.2) is 22.1 Å². The maximum Gasteiger partial charge on any atom is 0.261 e. The molecule has 0 bridgehead atoms. The highest BCUT2D eigenvalue weighted by atomic mass is 16.2. The fourth-order valence-corrected chi connectivity index (χ4v) is 6.27. The number of benzene rings is 4. The van der Waals surface area contributed by atoms with Crippen molar-refractivity contribution in [2.45, 2.75) is 61.6 Å². The lowest BCUT2D eigenvalue weighted by Gasteiger charge is -2.25. The van der Waals surface area contributed by atoms with E-state index in [1.807, 2.05) is 43.0 Å². The number of hydrogen-bond donors (Lipinski definition) is 0. The molecule has 0 aliphatic carbocycles. The van der Waals surface area contributed by atoms with Crippen LogP contribution in [-0.2, 0) is 22.7 Å². The molecule has 2 amide bonds. The third kappa shape index (κ3) is 6.39. The van der Waals surface area contributed by atoms with Gasteiger partial charge in [-0.3, -0.25) is 9.59 Å². The molecule has 0 unspecified atom stereocenters. The average molecular weight is 569 g/mol. The van der Waals surface area contributed by atoms with E-state index in [4.69, 9.17) is 0 Å². The van der Waals surface area contributed by atoms with Crippen molar-refractivity contribution >= 4 is 23.7 Å². The molecular weight excluding hydrogens is 528 g/mol. The molecule has 0 atom stereocenters. The van der Waals surface area contributed by atoms with E-state index < -0.39 is 0 Å². The van der Waals surface area contributed by atoms with Crippen molar-refractivity contribution in [1.29, 1.82) is 0 Å². The van der Waals surface area contributed by atoms with E-state index in [9.17, 15) is 9.59 Å². The Labute approximate surface area is 256 Å². The minimum atomic E-state index is -0.102. The lowest BCUT2D eigenvalue weighted by molar-refractivity contribution is -0.123. The van der Waals surface area contributed by atoms with Gasteiger partial charge in [-0.1, -0.05) is 118 Å². The van der Waals surface area contributed by atoms with Gasteiger partial charge in [0.05, 0.1) is 30.1 Å². The van der Waals surface area contributed by atoms with Crippen LogP contribution in [0.4, 0.5) is 0 Å². The maximum absolute atomic E-state index is 14.7. The van der Waals surface area contributed by atoms with E-state index >= 15 is 0 Å². The SMILES string of the molecule is CC1=C(c2ccc(C)cc2)N(Cc2cc(C)cc(C)c2)C(=O)/C1=C(\c1ccc(C)cc1)N(C=O)Cc1cc(C)cc(C)c1. The van der Waals surface area contributed by atoms with Crippen LogP contribution in [0.3, 0.4) is 0 Å². The van der Waals surface area contributed by atoms with E-state index in [1.54, 1.807) is 4.90 Å². The van der Waals surface area contributed by atoms with Gasteiger partial charge in [-0.2, -0.15) is 0 Å². The molecular formula is C39H40N2O2. The molecule has 4 aromatic carbocycles. The lowest BCUT2D eigenvalue weighted by Crippen LogP contribution is -2.28. The van der Waals surface area contributed by atoms with Crippen LogP contribution in [0.15, 0.2) is 96.1 Å². The van der Waals surface area contributed by atoms with Gasteiger partial charge in [0.1, 0.15) is 0 Å². The molecule has 0 fully saturated rings. The predicted molar refractivity (Wildman–Crippen MR) is 176 cm³/mol. The highest BCUT2D eigenvalue weighted by Gasteiger charge is 2.37. The van der Waals surface area contributed by atoms with Crippen LogP contribution < -0.4 is 0 Å². The second-order valence-electron chi connectivity index (χ2n) is 12.0. The summed E-state index contributed by atoms with van der Waals surface area (Å²) in [6, 6.07) is 29.2. The first-order valence-electron chi connectivity index (χ1n) is 14.8. The quantitative estimate of drug-likeness (QED) is 0.158. The maximum atomic E-state index is 14.7.